The molecular weight excluding hydrogens is 205 g/mol. The van der Waals surface area contributed by atoms with Gasteiger partial charge in [-0.15, -0.1) is 0 Å². The molecule has 0 aliphatic carbocycles. The fourth-order valence-corrected chi connectivity index (χ4v) is 0.536. The molecule has 0 fully saturated rings. The predicted octanol–water partition coefficient (Wildman–Crippen LogP) is 1.02. The molecule has 1 unspecified atom stereocenters. The second-order valence-electron chi connectivity index (χ2n) is 2.92. The average Bonchev–Trinajstić information content (AvgIpc) is 2.16. The molecule has 0 aliphatic heterocycles. The van der Waals surface area contributed by atoms with Gasteiger partial charge in [0.2, 0.25) is 0 Å². The Morgan fingerprint density at radius 2 is 1.93 bits per heavy atom. The smallest absolute Gasteiger partial charge is 0.320 e. The van der Waals surface area contributed by atoms with Crippen LogP contribution in [0.15, 0.2) is 0 Å². The summed E-state index contributed by atoms with van der Waals surface area (Å²) >= 11 is 0. The van der Waals surface area contributed by atoms with Gasteiger partial charge in [-0.25, -0.2) is 0 Å². The lowest BCUT2D eigenvalue weighted by Crippen LogP contribution is -2.30. The van der Waals surface area contributed by atoms with E-state index in [1.807, 2.05) is 6.92 Å². The van der Waals surface area contributed by atoms with E-state index in [-0.39, 0.29) is 19.5 Å². The van der Waals surface area contributed by atoms with Gasteiger partial charge in [0.05, 0.1) is 6.67 Å². The second-order valence-corrected chi connectivity index (χ2v) is 2.92. The van der Waals surface area contributed by atoms with Crippen molar-refractivity contribution in [2.45, 2.75) is 38.6 Å². The third kappa shape index (κ3) is 15.6. The van der Waals surface area contributed by atoms with Crippen molar-refractivity contribution in [3.63, 3.8) is 0 Å². The Kier molecular flexibility index (Phi) is 11.8. The standard InChI is InChI=1S/C5H9NO4.C4H9F/c6-3(5(9)10)1-2-4(7)8;1-2-3-4-5/h3H,1-2,6H2,(H,7,8)(H,9,10);2-4H2,1H3. The van der Waals surface area contributed by atoms with E-state index >= 15 is 0 Å². The number of halogens is 1. The zero-order valence-corrected chi connectivity index (χ0v) is 8.78. The Balaban J connectivity index is 0. The van der Waals surface area contributed by atoms with Crippen molar-refractivity contribution in [3.8, 4) is 0 Å². The first kappa shape index (κ1) is 16.3. The molecule has 0 heterocycles. The van der Waals surface area contributed by atoms with Crippen LogP contribution in [0.3, 0.4) is 0 Å². The lowest BCUT2D eigenvalue weighted by molar-refractivity contribution is -0.139. The molecule has 0 aromatic heterocycles. The summed E-state index contributed by atoms with van der Waals surface area (Å²) in [6.07, 6.45) is 1.47. The Labute approximate surface area is 88.1 Å². The Morgan fingerprint density at radius 1 is 1.40 bits per heavy atom. The number of aliphatic carboxylic acids is 2. The highest BCUT2D eigenvalue weighted by atomic mass is 19.1. The van der Waals surface area contributed by atoms with Crippen LogP contribution in [0.4, 0.5) is 4.39 Å². The lowest BCUT2D eigenvalue weighted by Gasteiger charge is -2.01. The minimum atomic E-state index is -1.17. The number of alkyl halides is 1. The maximum Gasteiger partial charge on any atom is 0.320 e. The molecule has 0 rings (SSSR count). The van der Waals surface area contributed by atoms with Gasteiger partial charge in [-0.05, 0) is 12.8 Å². The number of nitrogens with two attached hydrogens (primary N) is 1. The third-order valence-corrected chi connectivity index (χ3v) is 1.47. The topological polar surface area (TPSA) is 101 Å². The van der Waals surface area contributed by atoms with Gasteiger partial charge in [0.15, 0.2) is 0 Å². The van der Waals surface area contributed by atoms with Gasteiger partial charge in [-0.1, -0.05) is 13.3 Å². The molecule has 0 radical (unpaired) electrons. The van der Waals surface area contributed by atoms with E-state index in [0.29, 0.717) is 0 Å². The van der Waals surface area contributed by atoms with Gasteiger partial charge in [0, 0.05) is 6.42 Å². The molecule has 0 aromatic rings. The maximum atomic E-state index is 11.0. The summed E-state index contributed by atoms with van der Waals surface area (Å²) in [5.74, 6) is -2.20. The van der Waals surface area contributed by atoms with E-state index in [2.05, 4.69) is 0 Å². The number of carboxylic acids is 2. The first-order chi connectivity index (χ1) is 6.95. The van der Waals surface area contributed by atoms with Gasteiger partial charge in [-0.3, -0.25) is 14.0 Å². The maximum absolute atomic E-state index is 11.0. The second kappa shape index (κ2) is 10.9. The Morgan fingerprint density at radius 3 is 2.13 bits per heavy atom. The van der Waals surface area contributed by atoms with Crippen LogP contribution in [0.2, 0.25) is 0 Å². The predicted molar refractivity (Wildman–Crippen MR) is 53.4 cm³/mol. The molecule has 0 aliphatic rings. The summed E-state index contributed by atoms with van der Waals surface area (Å²) in [6.45, 7) is 1.82. The van der Waals surface area contributed by atoms with Crippen molar-refractivity contribution < 1.29 is 24.2 Å². The molecule has 0 amide bonds. The average molecular weight is 223 g/mol. The van der Waals surface area contributed by atoms with Crippen molar-refractivity contribution in [2.75, 3.05) is 6.67 Å². The van der Waals surface area contributed by atoms with E-state index in [4.69, 9.17) is 15.9 Å². The van der Waals surface area contributed by atoms with Gasteiger partial charge in [0.25, 0.3) is 0 Å². The van der Waals surface area contributed by atoms with Crippen molar-refractivity contribution in [3.05, 3.63) is 0 Å². The SMILES string of the molecule is CCCCF.NC(CCC(=O)O)C(=O)O. The molecule has 15 heavy (non-hydrogen) atoms. The molecule has 5 nitrogen and oxygen atoms in total. The summed E-state index contributed by atoms with van der Waals surface area (Å²) in [7, 11) is 0. The van der Waals surface area contributed by atoms with Crippen LogP contribution in [-0.4, -0.2) is 34.9 Å². The molecule has 0 saturated heterocycles. The third-order valence-electron chi connectivity index (χ3n) is 1.47. The highest BCUT2D eigenvalue weighted by Gasteiger charge is 2.12. The van der Waals surface area contributed by atoms with Gasteiger partial charge in [-0.2, -0.15) is 0 Å². The Bertz CT molecular complexity index is 185. The number of carboxylic acid groups (broad SMARTS) is 2. The fraction of sp³-hybridized carbons (Fsp3) is 0.778. The summed E-state index contributed by atoms with van der Waals surface area (Å²) < 4.78 is 11.0. The zero-order chi connectivity index (χ0) is 12.3. The highest BCUT2D eigenvalue weighted by Crippen LogP contribution is 1.93. The van der Waals surface area contributed by atoms with Crippen LogP contribution in [0.5, 0.6) is 0 Å². The molecule has 0 aromatic carbocycles. The number of hydrogen-bond acceptors (Lipinski definition) is 3. The van der Waals surface area contributed by atoms with Crippen molar-refractivity contribution in [1.82, 2.24) is 0 Å². The molecule has 90 valence electrons. The normalized spacial score (nSPS) is 11.1. The number of hydrogen-bond donors (Lipinski definition) is 3. The van der Waals surface area contributed by atoms with Crippen LogP contribution < -0.4 is 5.73 Å². The lowest BCUT2D eigenvalue weighted by atomic mass is 10.2. The van der Waals surface area contributed by atoms with E-state index in [1.54, 1.807) is 0 Å². The molecule has 1 atom stereocenters. The number of unbranched alkanes of at least 4 members (excludes halogenated alkanes) is 1. The van der Waals surface area contributed by atoms with E-state index in [1.165, 1.54) is 0 Å². The van der Waals surface area contributed by atoms with Crippen molar-refractivity contribution in [2.24, 2.45) is 5.73 Å². The molecule has 0 spiro atoms. The quantitative estimate of drug-likeness (QED) is 0.624. The minimum Gasteiger partial charge on any atom is -0.481 e. The summed E-state index contributed by atoms with van der Waals surface area (Å²) in [5.41, 5.74) is 5.00. The number of carbonyl (C=O) groups is 2. The van der Waals surface area contributed by atoms with E-state index in [0.717, 1.165) is 12.8 Å². The van der Waals surface area contributed by atoms with Crippen LogP contribution >= 0.6 is 0 Å². The van der Waals surface area contributed by atoms with Crippen molar-refractivity contribution >= 4 is 11.9 Å². The summed E-state index contributed by atoms with van der Waals surface area (Å²) in [4.78, 5) is 19.9. The van der Waals surface area contributed by atoms with Gasteiger partial charge >= 0.3 is 11.9 Å². The summed E-state index contributed by atoms with van der Waals surface area (Å²) in [6, 6.07) is -1.06. The first-order valence-electron chi connectivity index (χ1n) is 4.71. The first-order valence-corrected chi connectivity index (χ1v) is 4.71. The largest absolute Gasteiger partial charge is 0.481 e. The van der Waals surface area contributed by atoms with Crippen LogP contribution in [-0.2, 0) is 9.59 Å². The highest BCUT2D eigenvalue weighted by molar-refractivity contribution is 5.74. The molecule has 0 bridgehead atoms. The van der Waals surface area contributed by atoms with Crippen LogP contribution in [0.1, 0.15) is 32.6 Å². The van der Waals surface area contributed by atoms with E-state index < -0.39 is 18.0 Å². The van der Waals surface area contributed by atoms with Crippen molar-refractivity contribution in [1.29, 1.82) is 0 Å². The minimum absolute atomic E-state index is 0.0231. The fourth-order valence-electron chi connectivity index (χ4n) is 0.536. The summed E-state index contributed by atoms with van der Waals surface area (Å²) in [5, 5.41) is 16.3. The van der Waals surface area contributed by atoms with Gasteiger partial charge < -0.3 is 15.9 Å². The van der Waals surface area contributed by atoms with Gasteiger partial charge in [0.1, 0.15) is 6.04 Å². The molecule has 4 N–H and O–H groups in total. The molecular formula is C9H18FNO4. The number of rotatable bonds is 6. The molecule has 6 heteroatoms. The van der Waals surface area contributed by atoms with Crippen LogP contribution in [0.25, 0.3) is 0 Å². The van der Waals surface area contributed by atoms with E-state index in [9.17, 15) is 14.0 Å². The monoisotopic (exact) mass is 223 g/mol. The Hall–Kier alpha value is -1.17. The zero-order valence-electron chi connectivity index (χ0n) is 8.78. The van der Waals surface area contributed by atoms with Crippen LogP contribution in [0, 0.1) is 0 Å². The molecule has 0 saturated carbocycles.